The number of rotatable bonds is 8. The van der Waals surface area contributed by atoms with E-state index in [2.05, 4.69) is 59.6 Å². The minimum atomic E-state index is -1.10. The fourth-order valence-corrected chi connectivity index (χ4v) is 4.40. The zero-order valence-corrected chi connectivity index (χ0v) is 18.3. The van der Waals surface area contributed by atoms with Crippen molar-refractivity contribution < 1.29 is 19.0 Å². The molecule has 0 bridgehead atoms. The van der Waals surface area contributed by atoms with Gasteiger partial charge in [-0.3, -0.25) is 0 Å². The van der Waals surface area contributed by atoms with Crippen molar-refractivity contribution in [2.45, 2.75) is 32.2 Å². The van der Waals surface area contributed by atoms with Crippen LogP contribution in [0.1, 0.15) is 40.9 Å². The Hall–Kier alpha value is -2.96. The number of nitrogens with zero attached hydrogens (tertiary/aromatic N) is 1. The number of fused-ring (bicyclic) bond motifs is 1. The lowest BCUT2D eigenvalue weighted by Gasteiger charge is -2.35. The van der Waals surface area contributed by atoms with Gasteiger partial charge in [0, 0.05) is 24.8 Å². The van der Waals surface area contributed by atoms with Gasteiger partial charge in [0.2, 0.25) is 0 Å². The molecular weight excluding hydrogens is 407 g/mol. The lowest BCUT2D eigenvalue weighted by atomic mass is 9.99. The van der Waals surface area contributed by atoms with E-state index in [4.69, 9.17) is 4.74 Å². The molecule has 1 aliphatic rings. The predicted octanol–water partition coefficient (Wildman–Crippen LogP) is 4.95. The molecule has 6 heteroatoms. The molecule has 1 aliphatic heterocycles. The SMILES string of the molecule is C[C@@H](NCCC1CN(c2ccc(CF)c(C(=O)O)c2)CCO1)c1cccc2ccccc12. The molecule has 1 fully saturated rings. The second-order valence-electron chi connectivity index (χ2n) is 8.25. The molecule has 1 unspecified atom stereocenters. The molecule has 1 saturated heterocycles. The molecule has 168 valence electrons. The number of nitrogens with one attached hydrogen (secondary N) is 1. The summed E-state index contributed by atoms with van der Waals surface area (Å²) in [4.78, 5) is 13.6. The first-order valence-electron chi connectivity index (χ1n) is 11.1. The average molecular weight is 437 g/mol. The first-order chi connectivity index (χ1) is 15.6. The Morgan fingerprint density at radius 2 is 2.03 bits per heavy atom. The van der Waals surface area contributed by atoms with Gasteiger partial charge in [-0.2, -0.15) is 0 Å². The maximum Gasteiger partial charge on any atom is 0.336 e. The molecule has 2 N–H and O–H groups in total. The van der Waals surface area contributed by atoms with Crippen LogP contribution in [-0.2, 0) is 11.4 Å². The normalized spacial score (nSPS) is 17.4. The smallest absolute Gasteiger partial charge is 0.336 e. The monoisotopic (exact) mass is 436 g/mol. The zero-order chi connectivity index (χ0) is 22.5. The van der Waals surface area contributed by atoms with E-state index in [1.54, 1.807) is 18.2 Å². The molecule has 32 heavy (non-hydrogen) atoms. The fraction of sp³-hybridized carbons (Fsp3) is 0.346. The highest BCUT2D eigenvalue weighted by Crippen LogP contribution is 2.25. The number of carbonyl (C=O) groups is 1. The third kappa shape index (κ3) is 4.92. The number of hydrogen-bond acceptors (Lipinski definition) is 4. The van der Waals surface area contributed by atoms with Crippen LogP contribution in [-0.4, -0.2) is 43.4 Å². The maximum absolute atomic E-state index is 13.1. The van der Waals surface area contributed by atoms with Crippen molar-refractivity contribution in [3.63, 3.8) is 0 Å². The molecule has 2 atom stereocenters. The van der Waals surface area contributed by atoms with Crippen LogP contribution in [0.15, 0.2) is 60.7 Å². The van der Waals surface area contributed by atoms with Gasteiger partial charge < -0.3 is 20.1 Å². The van der Waals surface area contributed by atoms with Crippen LogP contribution >= 0.6 is 0 Å². The maximum atomic E-state index is 13.1. The Bertz CT molecular complexity index is 1080. The van der Waals surface area contributed by atoms with Crippen LogP contribution in [0, 0.1) is 0 Å². The number of anilines is 1. The standard InChI is InChI=1S/C26H29FN2O3/c1-18(23-8-4-6-19-5-2-3-7-24(19)23)28-12-11-22-17-29(13-14-32-22)21-10-9-20(16-27)25(15-21)26(30)31/h2-10,15,18,22,28H,11-14,16-17H2,1H3,(H,30,31)/t18-,22?/m1/s1. The van der Waals surface area contributed by atoms with Crippen molar-refractivity contribution in [2.75, 3.05) is 31.1 Å². The zero-order valence-electron chi connectivity index (χ0n) is 18.3. The minimum Gasteiger partial charge on any atom is -0.478 e. The Kier molecular flexibility index (Phi) is 7.02. The molecule has 0 radical (unpaired) electrons. The quantitative estimate of drug-likeness (QED) is 0.523. The molecule has 0 spiro atoms. The average Bonchev–Trinajstić information content (AvgIpc) is 2.83. The summed E-state index contributed by atoms with van der Waals surface area (Å²) in [5.74, 6) is -1.10. The molecule has 1 heterocycles. The minimum absolute atomic E-state index is 0.0265. The summed E-state index contributed by atoms with van der Waals surface area (Å²) in [6.07, 6.45) is 0.894. The number of carboxylic acids is 1. The van der Waals surface area contributed by atoms with E-state index in [9.17, 15) is 14.3 Å². The van der Waals surface area contributed by atoms with Crippen molar-refractivity contribution in [1.29, 1.82) is 0 Å². The fourth-order valence-electron chi connectivity index (χ4n) is 4.40. The number of morpholine rings is 1. The van der Waals surface area contributed by atoms with Gasteiger partial charge in [-0.25, -0.2) is 9.18 Å². The summed E-state index contributed by atoms with van der Waals surface area (Å²) in [7, 11) is 0. The van der Waals surface area contributed by atoms with E-state index in [-0.39, 0.29) is 23.3 Å². The van der Waals surface area contributed by atoms with Crippen LogP contribution in [0.25, 0.3) is 10.8 Å². The highest BCUT2D eigenvalue weighted by molar-refractivity contribution is 5.90. The third-order valence-electron chi connectivity index (χ3n) is 6.18. The summed E-state index contributed by atoms with van der Waals surface area (Å²) in [5, 5.41) is 15.5. The van der Waals surface area contributed by atoms with E-state index in [1.165, 1.54) is 16.3 Å². The van der Waals surface area contributed by atoms with Crippen LogP contribution in [0.5, 0.6) is 0 Å². The number of aromatic carboxylic acids is 1. The van der Waals surface area contributed by atoms with Gasteiger partial charge in [-0.15, -0.1) is 0 Å². The van der Waals surface area contributed by atoms with E-state index < -0.39 is 12.6 Å². The third-order valence-corrected chi connectivity index (χ3v) is 6.18. The topological polar surface area (TPSA) is 61.8 Å². The van der Waals surface area contributed by atoms with Gasteiger partial charge in [0.05, 0.1) is 18.3 Å². The Morgan fingerprint density at radius 3 is 2.84 bits per heavy atom. The van der Waals surface area contributed by atoms with Gasteiger partial charge >= 0.3 is 5.97 Å². The van der Waals surface area contributed by atoms with Crippen molar-refractivity contribution >= 4 is 22.4 Å². The number of alkyl halides is 1. The van der Waals surface area contributed by atoms with Gasteiger partial charge in [-0.05, 0) is 53.9 Å². The van der Waals surface area contributed by atoms with Crippen LogP contribution in [0.3, 0.4) is 0 Å². The van der Waals surface area contributed by atoms with E-state index in [0.29, 0.717) is 19.7 Å². The van der Waals surface area contributed by atoms with Crippen molar-refractivity contribution in [2.24, 2.45) is 0 Å². The highest BCUT2D eigenvalue weighted by Gasteiger charge is 2.22. The first kappa shape index (κ1) is 22.2. The Balaban J connectivity index is 1.36. The van der Waals surface area contributed by atoms with Gasteiger partial charge in [0.25, 0.3) is 0 Å². The molecule has 0 amide bonds. The van der Waals surface area contributed by atoms with Gasteiger partial charge in [-0.1, -0.05) is 48.5 Å². The predicted molar refractivity (Wildman–Crippen MR) is 125 cm³/mol. The molecule has 3 aromatic carbocycles. The second-order valence-corrected chi connectivity index (χ2v) is 8.25. The summed E-state index contributed by atoms with van der Waals surface area (Å²) in [6.45, 7) is 4.15. The summed E-state index contributed by atoms with van der Waals surface area (Å²) < 4.78 is 19.0. The van der Waals surface area contributed by atoms with Crippen molar-refractivity contribution in [1.82, 2.24) is 5.32 Å². The van der Waals surface area contributed by atoms with Crippen LogP contribution in [0.2, 0.25) is 0 Å². The Labute approximate surface area is 187 Å². The summed E-state index contributed by atoms with van der Waals surface area (Å²) >= 11 is 0. The van der Waals surface area contributed by atoms with Crippen molar-refractivity contribution in [3.05, 3.63) is 77.4 Å². The molecule has 4 rings (SSSR count). The molecule has 5 nitrogen and oxygen atoms in total. The lowest BCUT2D eigenvalue weighted by molar-refractivity contribution is 0.0351. The Morgan fingerprint density at radius 1 is 1.22 bits per heavy atom. The largest absolute Gasteiger partial charge is 0.478 e. The van der Waals surface area contributed by atoms with Gasteiger partial charge in [0.15, 0.2) is 0 Å². The molecule has 3 aromatic rings. The van der Waals surface area contributed by atoms with E-state index >= 15 is 0 Å². The first-order valence-corrected chi connectivity index (χ1v) is 11.1. The second kappa shape index (κ2) is 10.1. The number of ether oxygens (including phenoxy) is 1. The number of carboxylic acid groups (broad SMARTS) is 1. The molecule has 0 aliphatic carbocycles. The van der Waals surface area contributed by atoms with Gasteiger partial charge in [0.1, 0.15) is 6.67 Å². The number of hydrogen-bond donors (Lipinski definition) is 2. The number of benzene rings is 3. The van der Waals surface area contributed by atoms with Crippen molar-refractivity contribution in [3.8, 4) is 0 Å². The molecular formula is C26H29FN2O3. The van der Waals surface area contributed by atoms with E-state index in [0.717, 1.165) is 18.7 Å². The highest BCUT2D eigenvalue weighted by atomic mass is 19.1. The molecule has 0 saturated carbocycles. The summed E-state index contributed by atoms with van der Waals surface area (Å²) in [6, 6.07) is 20.0. The lowest BCUT2D eigenvalue weighted by Crippen LogP contribution is -2.43. The molecule has 0 aromatic heterocycles. The number of halogens is 1. The van der Waals surface area contributed by atoms with E-state index in [1.807, 2.05) is 0 Å². The summed E-state index contributed by atoms with van der Waals surface area (Å²) in [5.41, 5.74) is 2.31. The van der Waals surface area contributed by atoms with Crippen LogP contribution < -0.4 is 10.2 Å². The van der Waals surface area contributed by atoms with Crippen LogP contribution in [0.4, 0.5) is 10.1 Å².